The Labute approximate surface area is 194 Å². The number of carbonyl (C=O) groups excluding carboxylic acids is 4. The molecule has 7 heteroatoms. The molecule has 0 unspecified atom stereocenters. The molecule has 0 radical (unpaired) electrons. The second kappa shape index (κ2) is 10.4. The number of nitrogens with zero attached hydrogens (tertiary/aromatic N) is 2. The van der Waals surface area contributed by atoms with Crippen molar-refractivity contribution in [2.45, 2.75) is 59.2 Å². The molecule has 0 fully saturated rings. The molecule has 1 aliphatic heterocycles. The number of hydrogen-bond donors (Lipinski definition) is 1. The van der Waals surface area contributed by atoms with E-state index in [2.05, 4.69) is 5.32 Å². The van der Waals surface area contributed by atoms with Crippen LogP contribution in [0.25, 0.3) is 0 Å². The molecule has 2 aromatic carbocycles. The number of nitrogens with one attached hydrogen (secondary N) is 1. The summed E-state index contributed by atoms with van der Waals surface area (Å²) in [5, 5.41) is 2.87. The minimum absolute atomic E-state index is 0.0378. The van der Waals surface area contributed by atoms with Gasteiger partial charge in [0.1, 0.15) is 6.04 Å². The van der Waals surface area contributed by atoms with Crippen LogP contribution in [0.1, 0.15) is 65.5 Å². The third kappa shape index (κ3) is 5.48. The van der Waals surface area contributed by atoms with Gasteiger partial charge in [-0.15, -0.1) is 0 Å². The lowest BCUT2D eigenvalue weighted by atomic mass is 10.1. The molecule has 174 valence electrons. The first-order chi connectivity index (χ1) is 15.7. The lowest BCUT2D eigenvalue weighted by Gasteiger charge is -2.30. The Morgan fingerprint density at radius 1 is 0.939 bits per heavy atom. The summed E-state index contributed by atoms with van der Waals surface area (Å²) in [5.74, 6) is -1.07. The molecule has 0 aliphatic carbocycles. The number of aryl methyl sites for hydroxylation is 1. The van der Waals surface area contributed by atoms with Gasteiger partial charge in [-0.1, -0.05) is 36.4 Å². The summed E-state index contributed by atoms with van der Waals surface area (Å²) in [7, 11) is 0. The number of carbonyl (C=O) groups is 4. The zero-order valence-electron chi connectivity index (χ0n) is 19.6. The van der Waals surface area contributed by atoms with Gasteiger partial charge in [-0.25, -0.2) is 0 Å². The van der Waals surface area contributed by atoms with Crippen molar-refractivity contribution >= 4 is 23.6 Å². The standard InChI is InChI=1S/C26H31N3O4/c1-17(2)27-24(31)19(4)29(16-20-11-6-5-10-18(20)3)23(30)14-9-15-28-25(32)21-12-7-8-13-22(21)26(28)33/h5-8,10-13,17,19H,9,14-16H2,1-4H3,(H,27,31)/t19-/m0/s1. The second-order valence-electron chi connectivity index (χ2n) is 8.70. The van der Waals surface area contributed by atoms with E-state index in [9.17, 15) is 19.2 Å². The van der Waals surface area contributed by atoms with Crippen LogP contribution in [0.5, 0.6) is 0 Å². The van der Waals surface area contributed by atoms with Gasteiger partial charge in [-0.2, -0.15) is 0 Å². The van der Waals surface area contributed by atoms with Crippen LogP contribution in [-0.4, -0.2) is 52.1 Å². The maximum atomic E-state index is 13.2. The van der Waals surface area contributed by atoms with Gasteiger partial charge in [0.2, 0.25) is 11.8 Å². The highest BCUT2D eigenvalue weighted by Gasteiger charge is 2.35. The summed E-state index contributed by atoms with van der Waals surface area (Å²) in [6, 6.07) is 13.8. The van der Waals surface area contributed by atoms with E-state index in [-0.39, 0.29) is 42.6 Å². The zero-order chi connectivity index (χ0) is 24.1. The second-order valence-corrected chi connectivity index (χ2v) is 8.70. The first kappa shape index (κ1) is 24.2. The summed E-state index contributed by atoms with van der Waals surface area (Å²) in [5.41, 5.74) is 2.80. The third-order valence-corrected chi connectivity index (χ3v) is 5.85. The number of rotatable bonds is 9. The van der Waals surface area contributed by atoms with Gasteiger partial charge in [0, 0.05) is 25.6 Å². The predicted octanol–water partition coefficient (Wildman–Crippen LogP) is 3.31. The molecule has 1 aliphatic rings. The van der Waals surface area contributed by atoms with Crippen molar-refractivity contribution in [3.05, 3.63) is 70.8 Å². The van der Waals surface area contributed by atoms with E-state index in [0.717, 1.165) is 11.1 Å². The van der Waals surface area contributed by atoms with Gasteiger partial charge < -0.3 is 10.2 Å². The summed E-state index contributed by atoms with van der Waals surface area (Å²) in [4.78, 5) is 53.7. The quantitative estimate of drug-likeness (QED) is 0.595. The topological polar surface area (TPSA) is 86.8 Å². The summed E-state index contributed by atoms with van der Waals surface area (Å²) >= 11 is 0. The Hall–Kier alpha value is -3.48. The van der Waals surface area contributed by atoms with E-state index >= 15 is 0 Å². The molecule has 1 heterocycles. The lowest BCUT2D eigenvalue weighted by molar-refractivity contribution is -0.140. The fraction of sp³-hybridized carbons (Fsp3) is 0.385. The van der Waals surface area contributed by atoms with Gasteiger partial charge in [0.15, 0.2) is 0 Å². The Bertz CT molecular complexity index is 1030. The maximum Gasteiger partial charge on any atom is 0.261 e. The van der Waals surface area contributed by atoms with Crippen molar-refractivity contribution in [3.8, 4) is 0 Å². The van der Waals surface area contributed by atoms with E-state index in [1.165, 1.54) is 4.90 Å². The Balaban J connectivity index is 1.68. The molecule has 7 nitrogen and oxygen atoms in total. The average Bonchev–Trinajstić information content (AvgIpc) is 3.02. The fourth-order valence-electron chi connectivity index (χ4n) is 3.93. The smallest absolute Gasteiger partial charge is 0.261 e. The Kier molecular flexibility index (Phi) is 7.63. The first-order valence-electron chi connectivity index (χ1n) is 11.3. The van der Waals surface area contributed by atoms with Gasteiger partial charge in [0.05, 0.1) is 11.1 Å². The highest BCUT2D eigenvalue weighted by atomic mass is 16.2. The molecule has 0 saturated carbocycles. The monoisotopic (exact) mass is 449 g/mol. The summed E-state index contributed by atoms with van der Waals surface area (Å²) in [6.45, 7) is 7.91. The summed E-state index contributed by atoms with van der Waals surface area (Å²) in [6.07, 6.45) is 0.450. The van der Waals surface area contributed by atoms with Crippen molar-refractivity contribution in [3.63, 3.8) is 0 Å². The normalized spacial score (nSPS) is 13.8. The van der Waals surface area contributed by atoms with E-state index < -0.39 is 6.04 Å². The van der Waals surface area contributed by atoms with E-state index in [0.29, 0.717) is 24.1 Å². The van der Waals surface area contributed by atoms with Crippen molar-refractivity contribution < 1.29 is 19.2 Å². The van der Waals surface area contributed by atoms with Crippen LogP contribution in [-0.2, 0) is 16.1 Å². The molecule has 4 amide bonds. The van der Waals surface area contributed by atoms with Crippen LogP contribution in [0.15, 0.2) is 48.5 Å². The molecule has 0 aromatic heterocycles. The van der Waals surface area contributed by atoms with Crippen LogP contribution in [0.4, 0.5) is 0 Å². The summed E-state index contributed by atoms with van der Waals surface area (Å²) < 4.78 is 0. The molecule has 2 aromatic rings. The molecule has 1 atom stereocenters. The molecule has 0 spiro atoms. The molecule has 0 bridgehead atoms. The molecular weight excluding hydrogens is 418 g/mol. The highest BCUT2D eigenvalue weighted by Crippen LogP contribution is 2.23. The van der Waals surface area contributed by atoms with Crippen molar-refractivity contribution in [1.82, 2.24) is 15.1 Å². The van der Waals surface area contributed by atoms with Crippen molar-refractivity contribution in [2.24, 2.45) is 0 Å². The number of amides is 4. The largest absolute Gasteiger partial charge is 0.352 e. The third-order valence-electron chi connectivity index (χ3n) is 5.85. The number of hydrogen-bond acceptors (Lipinski definition) is 4. The number of benzene rings is 2. The Morgan fingerprint density at radius 3 is 2.09 bits per heavy atom. The van der Waals surface area contributed by atoms with Crippen LogP contribution >= 0.6 is 0 Å². The van der Waals surface area contributed by atoms with Gasteiger partial charge in [0.25, 0.3) is 11.8 Å². The number of fused-ring (bicyclic) bond motifs is 1. The minimum atomic E-state index is -0.654. The van der Waals surface area contributed by atoms with Crippen LogP contribution in [0.2, 0.25) is 0 Å². The van der Waals surface area contributed by atoms with Crippen molar-refractivity contribution in [1.29, 1.82) is 0 Å². The predicted molar refractivity (Wildman–Crippen MR) is 126 cm³/mol. The number of imide groups is 1. The molecule has 1 N–H and O–H groups in total. The van der Waals surface area contributed by atoms with E-state index in [1.54, 1.807) is 36.1 Å². The van der Waals surface area contributed by atoms with Crippen molar-refractivity contribution in [2.75, 3.05) is 6.54 Å². The van der Waals surface area contributed by atoms with Crippen LogP contribution in [0.3, 0.4) is 0 Å². The molecule has 0 saturated heterocycles. The minimum Gasteiger partial charge on any atom is -0.352 e. The first-order valence-corrected chi connectivity index (χ1v) is 11.3. The highest BCUT2D eigenvalue weighted by molar-refractivity contribution is 6.21. The molecular formula is C26H31N3O4. The zero-order valence-corrected chi connectivity index (χ0v) is 19.6. The lowest BCUT2D eigenvalue weighted by Crippen LogP contribution is -2.49. The van der Waals surface area contributed by atoms with Gasteiger partial charge in [-0.05, 0) is 57.4 Å². The average molecular weight is 450 g/mol. The van der Waals surface area contributed by atoms with Gasteiger partial charge in [-0.3, -0.25) is 24.1 Å². The van der Waals surface area contributed by atoms with Crippen LogP contribution in [0, 0.1) is 6.92 Å². The fourth-order valence-corrected chi connectivity index (χ4v) is 3.93. The van der Waals surface area contributed by atoms with E-state index in [1.807, 2.05) is 45.0 Å². The maximum absolute atomic E-state index is 13.2. The van der Waals surface area contributed by atoms with E-state index in [4.69, 9.17) is 0 Å². The molecule has 33 heavy (non-hydrogen) atoms. The van der Waals surface area contributed by atoms with Crippen LogP contribution < -0.4 is 5.32 Å². The SMILES string of the molecule is Cc1ccccc1CN(C(=O)CCCN1C(=O)c2ccccc2C1=O)[C@@H](C)C(=O)NC(C)C. The van der Waals surface area contributed by atoms with Gasteiger partial charge >= 0.3 is 0 Å². The Morgan fingerprint density at radius 2 is 1.52 bits per heavy atom. The molecule has 3 rings (SSSR count).